The molecule has 1 aliphatic heterocycles. The van der Waals surface area contributed by atoms with Gasteiger partial charge in [0.1, 0.15) is 0 Å². The van der Waals surface area contributed by atoms with Crippen LogP contribution < -0.4 is 10.0 Å². The van der Waals surface area contributed by atoms with E-state index in [9.17, 15) is 8.42 Å². The van der Waals surface area contributed by atoms with Crippen molar-refractivity contribution in [3.8, 4) is 0 Å². The highest BCUT2D eigenvalue weighted by molar-refractivity contribution is 7.88. The predicted molar refractivity (Wildman–Crippen MR) is 83.4 cm³/mol. The molecule has 2 N–H and O–H groups in total. The fourth-order valence-electron chi connectivity index (χ4n) is 2.55. The summed E-state index contributed by atoms with van der Waals surface area (Å²) >= 11 is 0. The molecule has 1 aliphatic rings. The lowest BCUT2D eigenvalue weighted by molar-refractivity contribution is 0.180. The predicted octanol–water partition coefficient (Wildman–Crippen LogP) is 1.25. The minimum atomic E-state index is -3.32. The topological polar surface area (TPSA) is 67.4 Å². The monoisotopic (exact) mass is 312 g/mol. The maximum atomic E-state index is 12.2. The smallest absolute Gasteiger partial charge is 0.216 e. The Labute approximate surface area is 127 Å². The van der Waals surface area contributed by atoms with E-state index < -0.39 is 10.0 Å². The third-order valence-electron chi connectivity index (χ3n) is 3.80. The normalized spacial score (nSPS) is 20.6. The molecule has 1 aromatic carbocycles. The van der Waals surface area contributed by atoms with Crippen molar-refractivity contribution in [2.24, 2.45) is 5.92 Å². The molecular formula is C15H24N2O3S. The van der Waals surface area contributed by atoms with Crippen LogP contribution in [-0.2, 0) is 27.1 Å². The largest absolute Gasteiger partial charge is 0.381 e. The SMILES string of the molecule is CNCc1ccc(CS(=O)(=O)NC(C)C2CCOC2)cc1. The molecule has 6 heteroatoms. The molecule has 0 spiro atoms. The van der Waals surface area contributed by atoms with Crippen LogP contribution >= 0.6 is 0 Å². The Morgan fingerprint density at radius 1 is 1.29 bits per heavy atom. The third-order valence-corrected chi connectivity index (χ3v) is 5.24. The molecular weight excluding hydrogens is 288 g/mol. The Bertz CT molecular complexity index is 537. The van der Waals surface area contributed by atoms with Gasteiger partial charge in [0.05, 0.1) is 12.4 Å². The van der Waals surface area contributed by atoms with Gasteiger partial charge < -0.3 is 10.1 Å². The van der Waals surface area contributed by atoms with Crippen LogP contribution in [0.5, 0.6) is 0 Å². The van der Waals surface area contributed by atoms with Gasteiger partial charge in [-0.2, -0.15) is 0 Å². The van der Waals surface area contributed by atoms with E-state index in [0.717, 1.165) is 30.7 Å². The standard InChI is InChI=1S/C15H24N2O3S/c1-12(15-7-8-20-10-15)17-21(18,19)11-14-5-3-13(4-6-14)9-16-2/h3-6,12,15-17H,7-11H2,1-2H3. The quantitative estimate of drug-likeness (QED) is 0.795. The molecule has 0 aliphatic carbocycles. The fraction of sp³-hybridized carbons (Fsp3) is 0.600. The van der Waals surface area contributed by atoms with Crippen LogP contribution in [0, 0.1) is 5.92 Å². The van der Waals surface area contributed by atoms with Crippen molar-refractivity contribution in [2.45, 2.75) is 31.7 Å². The number of ether oxygens (including phenoxy) is 1. The number of hydrogen-bond acceptors (Lipinski definition) is 4. The average molecular weight is 312 g/mol. The maximum absolute atomic E-state index is 12.2. The van der Waals surface area contributed by atoms with Crippen molar-refractivity contribution < 1.29 is 13.2 Å². The highest BCUT2D eigenvalue weighted by atomic mass is 32.2. The second-order valence-corrected chi connectivity index (χ2v) is 7.39. The van der Waals surface area contributed by atoms with Crippen LogP contribution in [-0.4, -0.2) is 34.7 Å². The van der Waals surface area contributed by atoms with E-state index in [-0.39, 0.29) is 17.7 Å². The summed E-state index contributed by atoms with van der Waals surface area (Å²) in [6, 6.07) is 7.57. The van der Waals surface area contributed by atoms with Gasteiger partial charge in [0.25, 0.3) is 0 Å². The molecule has 1 heterocycles. The van der Waals surface area contributed by atoms with Crippen LogP contribution in [0.4, 0.5) is 0 Å². The number of benzene rings is 1. The zero-order valence-electron chi connectivity index (χ0n) is 12.6. The molecule has 5 nitrogen and oxygen atoms in total. The first-order chi connectivity index (χ1) is 10.00. The molecule has 0 radical (unpaired) electrons. The van der Waals surface area contributed by atoms with Crippen molar-refractivity contribution in [1.29, 1.82) is 0 Å². The van der Waals surface area contributed by atoms with Crippen molar-refractivity contribution >= 4 is 10.0 Å². The summed E-state index contributed by atoms with van der Waals surface area (Å²) in [5.74, 6) is 0.294. The molecule has 1 saturated heterocycles. The van der Waals surface area contributed by atoms with Crippen LogP contribution in [0.15, 0.2) is 24.3 Å². The molecule has 0 aromatic heterocycles. The van der Waals surface area contributed by atoms with Crippen LogP contribution in [0.3, 0.4) is 0 Å². The van der Waals surface area contributed by atoms with Crippen molar-refractivity contribution in [3.05, 3.63) is 35.4 Å². The summed E-state index contributed by atoms with van der Waals surface area (Å²) in [6.07, 6.45) is 0.919. The highest BCUT2D eigenvalue weighted by Gasteiger charge is 2.25. The summed E-state index contributed by atoms with van der Waals surface area (Å²) in [5.41, 5.74) is 1.94. The van der Waals surface area contributed by atoms with Gasteiger partial charge in [-0.15, -0.1) is 0 Å². The van der Waals surface area contributed by atoms with Gasteiger partial charge in [-0.25, -0.2) is 13.1 Å². The Hall–Kier alpha value is -0.950. The van der Waals surface area contributed by atoms with Crippen LogP contribution in [0.1, 0.15) is 24.5 Å². The van der Waals surface area contributed by atoms with Gasteiger partial charge in [-0.3, -0.25) is 0 Å². The van der Waals surface area contributed by atoms with Crippen molar-refractivity contribution in [2.75, 3.05) is 20.3 Å². The molecule has 21 heavy (non-hydrogen) atoms. The van der Waals surface area contributed by atoms with Crippen LogP contribution in [0.25, 0.3) is 0 Å². The first-order valence-electron chi connectivity index (χ1n) is 7.30. The minimum Gasteiger partial charge on any atom is -0.381 e. The number of nitrogens with one attached hydrogen (secondary N) is 2. The molecule has 0 saturated carbocycles. The van der Waals surface area contributed by atoms with E-state index in [4.69, 9.17) is 4.74 Å². The van der Waals surface area contributed by atoms with E-state index >= 15 is 0 Å². The summed E-state index contributed by atoms with van der Waals surface area (Å²) in [7, 11) is -1.43. The van der Waals surface area contributed by atoms with Crippen LogP contribution in [0.2, 0.25) is 0 Å². The lowest BCUT2D eigenvalue weighted by Crippen LogP contribution is -2.38. The maximum Gasteiger partial charge on any atom is 0.216 e. The molecule has 0 bridgehead atoms. The Kier molecular flexibility index (Phi) is 5.75. The third kappa shape index (κ3) is 5.07. The van der Waals surface area contributed by atoms with Gasteiger partial charge in [0.2, 0.25) is 10.0 Å². The summed E-state index contributed by atoms with van der Waals surface area (Å²) in [5, 5.41) is 3.07. The van der Waals surface area contributed by atoms with Gasteiger partial charge >= 0.3 is 0 Å². The second-order valence-electron chi connectivity index (χ2n) is 5.64. The molecule has 1 fully saturated rings. The Balaban J connectivity index is 1.93. The summed E-state index contributed by atoms with van der Waals surface area (Å²) in [6.45, 7) is 4.06. The first-order valence-corrected chi connectivity index (χ1v) is 8.95. The van der Waals surface area contributed by atoms with Gasteiger partial charge in [-0.1, -0.05) is 24.3 Å². The average Bonchev–Trinajstić information content (AvgIpc) is 2.94. The first kappa shape index (κ1) is 16.4. The fourth-order valence-corrected chi connectivity index (χ4v) is 4.02. The minimum absolute atomic E-state index is 0.0186. The summed E-state index contributed by atoms with van der Waals surface area (Å²) < 4.78 is 32.5. The molecule has 2 rings (SSSR count). The van der Waals surface area contributed by atoms with E-state index in [2.05, 4.69) is 10.0 Å². The Morgan fingerprint density at radius 3 is 2.52 bits per heavy atom. The van der Waals surface area contributed by atoms with Gasteiger partial charge in [-0.05, 0) is 31.5 Å². The Morgan fingerprint density at radius 2 is 1.95 bits per heavy atom. The number of sulfonamides is 1. The van der Waals surface area contributed by atoms with E-state index in [0.29, 0.717) is 6.61 Å². The van der Waals surface area contributed by atoms with Crippen molar-refractivity contribution in [3.63, 3.8) is 0 Å². The number of rotatable bonds is 7. The van der Waals surface area contributed by atoms with E-state index in [1.54, 1.807) is 0 Å². The van der Waals surface area contributed by atoms with Gasteiger partial charge in [0.15, 0.2) is 0 Å². The summed E-state index contributed by atoms with van der Waals surface area (Å²) in [4.78, 5) is 0. The molecule has 0 amide bonds. The molecule has 2 atom stereocenters. The van der Waals surface area contributed by atoms with E-state index in [1.807, 2.05) is 38.2 Å². The van der Waals surface area contributed by atoms with Gasteiger partial charge in [0, 0.05) is 25.1 Å². The van der Waals surface area contributed by atoms with E-state index in [1.165, 1.54) is 0 Å². The molecule has 1 aromatic rings. The van der Waals surface area contributed by atoms with Crippen molar-refractivity contribution in [1.82, 2.24) is 10.0 Å². The molecule has 118 valence electrons. The zero-order chi connectivity index (χ0) is 15.3. The zero-order valence-corrected chi connectivity index (χ0v) is 13.4. The lowest BCUT2D eigenvalue weighted by atomic mass is 10.0. The highest BCUT2D eigenvalue weighted by Crippen LogP contribution is 2.17. The second kappa shape index (κ2) is 7.35. The molecule has 2 unspecified atom stereocenters. The lowest BCUT2D eigenvalue weighted by Gasteiger charge is -2.19. The number of hydrogen-bond donors (Lipinski definition) is 2.